The fourth-order valence-corrected chi connectivity index (χ4v) is 3.51. The molecule has 0 aliphatic carbocycles. The number of hydrogen-bond donors (Lipinski definition) is 1. The summed E-state index contributed by atoms with van der Waals surface area (Å²) in [6.45, 7) is 1.83. The van der Waals surface area contributed by atoms with E-state index in [0.29, 0.717) is 28.0 Å². The van der Waals surface area contributed by atoms with Crippen LogP contribution in [0.3, 0.4) is 0 Å². The topological polar surface area (TPSA) is 118 Å². The van der Waals surface area contributed by atoms with E-state index in [1.807, 2.05) is 6.92 Å². The summed E-state index contributed by atoms with van der Waals surface area (Å²) in [5, 5.41) is 7.38. The van der Waals surface area contributed by atoms with Gasteiger partial charge in [0.1, 0.15) is 11.2 Å². The number of thiazole rings is 1. The molecule has 2 amide bonds. The monoisotopic (exact) mass is 369 g/mol. The summed E-state index contributed by atoms with van der Waals surface area (Å²) in [6.07, 6.45) is 1.80. The normalized spacial score (nSPS) is 13.2. The van der Waals surface area contributed by atoms with Crippen molar-refractivity contribution in [1.29, 1.82) is 0 Å². The van der Waals surface area contributed by atoms with Crippen molar-refractivity contribution in [2.24, 2.45) is 0 Å². The van der Waals surface area contributed by atoms with E-state index in [4.69, 9.17) is 4.84 Å². The average Bonchev–Trinajstić information content (AvgIpc) is 3.37. The number of aryl methyl sites for hydroxylation is 1. The summed E-state index contributed by atoms with van der Waals surface area (Å²) in [6, 6.07) is 6.29. The molecule has 130 valence electrons. The molecule has 0 unspecified atom stereocenters. The second kappa shape index (κ2) is 6.15. The molecular weight excluding hydrogens is 358 g/mol. The zero-order chi connectivity index (χ0) is 18.3. The fourth-order valence-electron chi connectivity index (χ4n) is 2.54. The van der Waals surface area contributed by atoms with Crippen LogP contribution in [0, 0.1) is 0 Å². The van der Waals surface area contributed by atoms with Gasteiger partial charge in [0.05, 0.1) is 16.8 Å². The second-order valence-electron chi connectivity index (χ2n) is 5.31. The average molecular weight is 369 g/mol. The molecule has 0 saturated carbocycles. The molecule has 0 radical (unpaired) electrons. The van der Waals surface area contributed by atoms with Crippen LogP contribution in [0.25, 0.3) is 10.8 Å². The fraction of sp³-hybridized carbons (Fsp3) is 0.125. The molecule has 3 heterocycles. The molecular formula is C16H11N5O4S. The predicted molar refractivity (Wildman–Crippen MR) is 89.2 cm³/mol. The Balaban J connectivity index is 1.62. The van der Waals surface area contributed by atoms with Crippen LogP contribution in [0.1, 0.15) is 43.0 Å². The Bertz CT molecular complexity index is 992. The number of nitrogens with one attached hydrogen (secondary N) is 1. The van der Waals surface area contributed by atoms with E-state index in [9.17, 15) is 14.4 Å². The van der Waals surface area contributed by atoms with Gasteiger partial charge >= 0.3 is 5.97 Å². The van der Waals surface area contributed by atoms with E-state index in [1.165, 1.54) is 18.5 Å². The second-order valence-corrected chi connectivity index (χ2v) is 6.31. The van der Waals surface area contributed by atoms with Crippen LogP contribution in [0.15, 0.2) is 30.6 Å². The van der Waals surface area contributed by atoms with Crippen molar-refractivity contribution in [1.82, 2.24) is 25.2 Å². The number of nitrogens with zero attached hydrogens (tertiary/aromatic N) is 4. The van der Waals surface area contributed by atoms with Gasteiger partial charge in [-0.15, -0.1) is 11.3 Å². The lowest BCUT2D eigenvalue weighted by Gasteiger charge is -2.12. The van der Waals surface area contributed by atoms with Gasteiger partial charge in [0.2, 0.25) is 0 Å². The van der Waals surface area contributed by atoms with E-state index >= 15 is 0 Å². The first-order chi connectivity index (χ1) is 12.6. The number of carbonyl (C=O) groups is 3. The van der Waals surface area contributed by atoms with E-state index in [2.05, 4.69) is 20.2 Å². The van der Waals surface area contributed by atoms with Gasteiger partial charge in [0, 0.05) is 0 Å². The maximum atomic E-state index is 12.6. The molecule has 0 fully saturated rings. The maximum Gasteiger partial charge on any atom is 0.375 e. The summed E-state index contributed by atoms with van der Waals surface area (Å²) in [5.74, 6) is -1.74. The standard InChI is InChI=1S/C16H11N5O4S/c1-2-10-11(26-13(19-10)12-17-7-18-20-12)16(24)25-21-14(22)8-5-3-4-6-9(8)15(21)23/h3-7H,2H2,1H3,(H,17,18,20). The van der Waals surface area contributed by atoms with Gasteiger partial charge in [-0.25, -0.2) is 14.8 Å². The van der Waals surface area contributed by atoms with Gasteiger partial charge in [-0.1, -0.05) is 24.1 Å². The minimum atomic E-state index is -0.820. The highest BCUT2D eigenvalue weighted by Gasteiger charge is 2.39. The molecule has 0 bridgehead atoms. The molecule has 10 heteroatoms. The number of fused-ring (bicyclic) bond motifs is 1. The molecule has 0 spiro atoms. The molecule has 1 aliphatic heterocycles. The number of aromatic amines is 1. The lowest BCUT2D eigenvalue weighted by molar-refractivity contribution is -0.0582. The number of amides is 2. The first-order valence-corrected chi connectivity index (χ1v) is 8.47. The molecule has 3 aromatic rings. The molecule has 1 N–H and O–H groups in total. The predicted octanol–water partition coefficient (Wildman–Crippen LogP) is 1.86. The van der Waals surface area contributed by atoms with Crippen molar-refractivity contribution in [3.05, 3.63) is 52.3 Å². The minimum absolute atomic E-state index is 0.202. The van der Waals surface area contributed by atoms with E-state index in [0.717, 1.165) is 11.3 Å². The van der Waals surface area contributed by atoms with E-state index in [1.54, 1.807) is 12.1 Å². The lowest BCUT2D eigenvalue weighted by atomic mass is 10.1. The summed E-state index contributed by atoms with van der Waals surface area (Å²) < 4.78 is 0. The molecule has 9 nitrogen and oxygen atoms in total. The smallest absolute Gasteiger partial charge is 0.323 e. The van der Waals surface area contributed by atoms with E-state index < -0.39 is 17.8 Å². The molecule has 1 aliphatic rings. The Morgan fingerprint density at radius 2 is 1.92 bits per heavy atom. The number of benzene rings is 1. The number of H-pyrrole nitrogens is 1. The number of imide groups is 1. The van der Waals surface area contributed by atoms with Crippen molar-refractivity contribution in [3.8, 4) is 10.8 Å². The zero-order valence-electron chi connectivity index (χ0n) is 13.4. The summed E-state index contributed by atoms with van der Waals surface area (Å²) in [4.78, 5) is 50.8. The zero-order valence-corrected chi connectivity index (χ0v) is 14.2. The Labute approximate surface area is 150 Å². The molecule has 0 atom stereocenters. The van der Waals surface area contributed by atoms with Crippen molar-refractivity contribution in [2.45, 2.75) is 13.3 Å². The van der Waals surface area contributed by atoms with Crippen LogP contribution in [0.5, 0.6) is 0 Å². The third kappa shape index (κ3) is 2.47. The summed E-state index contributed by atoms with van der Waals surface area (Å²) in [5.41, 5.74) is 0.892. The molecule has 0 saturated heterocycles. The Morgan fingerprint density at radius 1 is 1.23 bits per heavy atom. The highest BCUT2D eigenvalue weighted by Crippen LogP contribution is 2.28. The number of aromatic nitrogens is 4. The number of hydrogen-bond acceptors (Lipinski definition) is 8. The maximum absolute atomic E-state index is 12.6. The van der Waals surface area contributed by atoms with Crippen molar-refractivity contribution >= 4 is 29.1 Å². The molecule has 2 aromatic heterocycles. The van der Waals surface area contributed by atoms with Gasteiger partial charge in [-0.05, 0) is 18.6 Å². The number of hydroxylamine groups is 2. The van der Waals surface area contributed by atoms with Crippen molar-refractivity contribution < 1.29 is 19.2 Å². The minimum Gasteiger partial charge on any atom is -0.323 e. The van der Waals surface area contributed by atoms with Gasteiger partial charge in [0.25, 0.3) is 11.8 Å². The van der Waals surface area contributed by atoms with Crippen LogP contribution < -0.4 is 0 Å². The Morgan fingerprint density at radius 3 is 2.50 bits per heavy atom. The van der Waals surface area contributed by atoms with Crippen molar-refractivity contribution in [2.75, 3.05) is 0 Å². The quantitative estimate of drug-likeness (QED) is 0.697. The van der Waals surface area contributed by atoms with Crippen LogP contribution in [0.4, 0.5) is 0 Å². The van der Waals surface area contributed by atoms with Crippen LogP contribution in [0.2, 0.25) is 0 Å². The van der Waals surface area contributed by atoms with Gasteiger partial charge in [-0.3, -0.25) is 14.7 Å². The van der Waals surface area contributed by atoms with Gasteiger partial charge < -0.3 is 4.84 Å². The highest BCUT2D eigenvalue weighted by molar-refractivity contribution is 7.17. The first kappa shape index (κ1) is 16.1. The molecule has 1 aromatic carbocycles. The summed E-state index contributed by atoms with van der Waals surface area (Å²) >= 11 is 1.05. The lowest BCUT2D eigenvalue weighted by Crippen LogP contribution is -2.32. The van der Waals surface area contributed by atoms with E-state index in [-0.39, 0.29) is 16.0 Å². The number of carbonyl (C=O) groups excluding carboxylic acids is 3. The summed E-state index contributed by atoms with van der Waals surface area (Å²) in [7, 11) is 0. The van der Waals surface area contributed by atoms with Gasteiger partial charge in [0.15, 0.2) is 10.8 Å². The van der Waals surface area contributed by atoms with Crippen LogP contribution in [-0.2, 0) is 11.3 Å². The molecule has 26 heavy (non-hydrogen) atoms. The Hall–Kier alpha value is -3.40. The number of rotatable bonds is 4. The van der Waals surface area contributed by atoms with Gasteiger partial charge in [-0.2, -0.15) is 5.10 Å². The SMILES string of the molecule is CCc1nc(-c2ncn[nH]2)sc1C(=O)ON1C(=O)c2ccccc2C1=O. The third-order valence-corrected chi connectivity index (χ3v) is 4.85. The highest BCUT2D eigenvalue weighted by atomic mass is 32.1. The van der Waals surface area contributed by atoms with Crippen molar-refractivity contribution in [3.63, 3.8) is 0 Å². The third-order valence-electron chi connectivity index (χ3n) is 3.77. The first-order valence-electron chi connectivity index (χ1n) is 7.65. The largest absolute Gasteiger partial charge is 0.375 e. The van der Waals surface area contributed by atoms with Crippen LogP contribution in [-0.4, -0.2) is 43.0 Å². The van der Waals surface area contributed by atoms with Crippen LogP contribution >= 0.6 is 11.3 Å². The Kier molecular flexibility index (Phi) is 3.81. The molecule has 4 rings (SSSR count).